The van der Waals surface area contributed by atoms with E-state index in [1.807, 2.05) is 32.7 Å². The van der Waals surface area contributed by atoms with Gasteiger partial charge in [0.25, 0.3) is 0 Å². The van der Waals surface area contributed by atoms with Gasteiger partial charge in [-0.05, 0) is 47.1 Å². The van der Waals surface area contributed by atoms with E-state index in [1.165, 1.54) is 0 Å². The van der Waals surface area contributed by atoms with Crippen LogP contribution in [0.25, 0.3) is 0 Å². The molecule has 1 aliphatic rings. The summed E-state index contributed by atoms with van der Waals surface area (Å²) < 4.78 is 5.45. The van der Waals surface area contributed by atoms with Crippen molar-refractivity contribution in [1.29, 1.82) is 0 Å². The maximum Gasteiger partial charge on any atom is 0.410 e. The van der Waals surface area contributed by atoms with Crippen LogP contribution in [-0.4, -0.2) is 42.3 Å². The maximum atomic E-state index is 12.1. The second-order valence-electron chi connectivity index (χ2n) is 5.69. The third kappa shape index (κ3) is 3.87. The van der Waals surface area contributed by atoms with Crippen LogP contribution < -0.4 is 5.32 Å². The average Bonchev–Trinajstić information content (AvgIpc) is 2.66. The number of carbonyl (C=O) groups excluding carboxylic acids is 1. The van der Waals surface area contributed by atoms with Gasteiger partial charge in [-0.2, -0.15) is 0 Å². The molecule has 0 spiro atoms. The van der Waals surface area contributed by atoms with Gasteiger partial charge in [-0.1, -0.05) is 6.92 Å². The van der Waals surface area contributed by atoms with Crippen molar-refractivity contribution in [2.45, 2.75) is 64.6 Å². The molecule has 0 saturated carbocycles. The maximum absolute atomic E-state index is 12.1. The average molecular weight is 242 g/mol. The van der Waals surface area contributed by atoms with Gasteiger partial charge in [0.15, 0.2) is 0 Å². The minimum absolute atomic E-state index is 0.172. The number of hydrogen-bond acceptors (Lipinski definition) is 3. The molecule has 0 aromatic rings. The number of rotatable bonds is 3. The van der Waals surface area contributed by atoms with Crippen LogP contribution in [-0.2, 0) is 4.74 Å². The fraction of sp³-hybridized carbons (Fsp3) is 0.923. The summed E-state index contributed by atoms with van der Waals surface area (Å²) in [6.45, 7) is 8.69. The zero-order chi connectivity index (χ0) is 13.1. The third-order valence-corrected chi connectivity index (χ3v) is 3.20. The van der Waals surface area contributed by atoms with Gasteiger partial charge in [0.2, 0.25) is 0 Å². The van der Waals surface area contributed by atoms with Crippen molar-refractivity contribution in [3.05, 3.63) is 0 Å². The van der Waals surface area contributed by atoms with Crippen LogP contribution in [0.2, 0.25) is 0 Å². The molecular formula is C13H26N2O2. The van der Waals surface area contributed by atoms with E-state index in [0.29, 0.717) is 6.04 Å². The molecule has 1 amide bonds. The summed E-state index contributed by atoms with van der Waals surface area (Å²) in [6.07, 6.45) is 3.00. The highest BCUT2D eigenvalue weighted by atomic mass is 16.6. The van der Waals surface area contributed by atoms with Crippen molar-refractivity contribution in [2.75, 3.05) is 13.6 Å². The summed E-state index contributed by atoms with van der Waals surface area (Å²) >= 11 is 0. The van der Waals surface area contributed by atoms with E-state index in [0.717, 1.165) is 25.8 Å². The Kier molecular flexibility index (Phi) is 4.80. The van der Waals surface area contributed by atoms with E-state index < -0.39 is 5.60 Å². The highest BCUT2D eigenvalue weighted by Crippen LogP contribution is 2.24. The van der Waals surface area contributed by atoms with Gasteiger partial charge >= 0.3 is 6.09 Å². The molecule has 0 aliphatic carbocycles. The monoisotopic (exact) mass is 242 g/mol. The Bertz CT molecular complexity index is 257. The second kappa shape index (κ2) is 5.71. The fourth-order valence-electron chi connectivity index (χ4n) is 2.43. The van der Waals surface area contributed by atoms with Crippen LogP contribution in [0, 0.1) is 0 Å². The number of nitrogens with zero attached hydrogens (tertiary/aromatic N) is 1. The Morgan fingerprint density at radius 3 is 2.65 bits per heavy atom. The molecule has 1 heterocycles. The van der Waals surface area contributed by atoms with Crippen LogP contribution in [0.5, 0.6) is 0 Å². The SMILES string of the molecule is CC[C@@H](NC)[C@@H]1CCCN1C(=O)OC(C)(C)C. The number of likely N-dealkylation sites (N-methyl/N-ethyl adjacent to an activating group) is 1. The lowest BCUT2D eigenvalue weighted by molar-refractivity contribution is 0.0197. The molecule has 1 aliphatic heterocycles. The lowest BCUT2D eigenvalue weighted by atomic mass is 10.0. The zero-order valence-electron chi connectivity index (χ0n) is 11.7. The van der Waals surface area contributed by atoms with Gasteiger partial charge in [-0.15, -0.1) is 0 Å². The van der Waals surface area contributed by atoms with E-state index in [-0.39, 0.29) is 12.1 Å². The second-order valence-corrected chi connectivity index (χ2v) is 5.69. The summed E-state index contributed by atoms with van der Waals surface area (Å²) in [5, 5.41) is 3.29. The van der Waals surface area contributed by atoms with Gasteiger partial charge in [-0.3, -0.25) is 0 Å². The normalized spacial score (nSPS) is 22.6. The summed E-state index contributed by atoms with van der Waals surface area (Å²) in [5.74, 6) is 0. The molecule has 1 saturated heterocycles. The molecule has 0 unspecified atom stereocenters. The quantitative estimate of drug-likeness (QED) is 0.826. The molecule has 17 heavy (non-hydrogen) atoms. The Hall–Kier alpha value is -0.770. The zero-order valence-corrected chi connectivity index (χ0v) is 11.7. The molecule has 4 nitrogen and oxygen atoms in total. The summed E-state index contributed by atoms with van der Waals surface area (Å²) in [7, 11) is 1.96. The first kappa shape index (κ1) is 14.3. The molecule has 0 bridgehead atoms. The molecule has 1 fully saturated rings. The van der Waals surface area contributed by atoms with Crippen LogP contribution in [0.3, 0.4) is 0 Å². The highest BCUT2D eigenvalue weighted by Gasteiger charge is 2.35. The number of ether oxygens (including phenoxy) is 1. The molecule has 1 N–H and O–H groups in total. The lowest BCUT2D eigenvalue weighted by Crippen LogP contribution is -2.49. The summed E-state index contributed by atoms with van der Waals surface area (Å²) in [4.78, 5) is 14.0. The Balaban J connectivity index is 2.65. The molecule has 4 heteroatoms. The van der Waals surface area contributed by atoms with Gasteiger partial charge < -0.3 is 15.0 Å². The van der Waals surface area contributed by atoms with E-state index in [9.17, 15) is 4.79 Å². The predicted molar refractivity (Wildman–Crippen MR) is 69.1 cm³/mol. The van der Waals surface area contributed by atoms with Crippen molar-refractivity contribution in [3.63, 3.8) is 0 Å². The Morgan fingerprint density at radius 1 is 1.53 bits per heavy atom. The topological polar surface area (TPSA) is 41.6 Å². The van der Waals surface area contributed by atoms with E-state index in [1.54, 1.807) is 0 Å². The molecule has 0 aromatic carbocycles. The predicted octanol–water partition coefficient (Wildman–Crippen LogP) is 2.38. The van der Waals surface area contributed by atoms with Gasteiger partial charge in [0.1, 0.15) is 5.60 Å². The number of carbonyl (C=O) groups is 1. The smallest absolute Gasteiger partial charge is 0.410 e. The van der Waals surface area contributed by atoms with Crippen molar-refractivity contribution < 1.29 is 9.53 Å². The van der Waals surface area contributed by atoms with E-state index >= 15 is 0 Å². The van der Waals surface area contributed by atoms with E-state index in [4.69, 9.17) is 4.74 Å². The fourth-order valence-corrected chi connectivity index (χ4v) is 2.43. The Morgan fingerprint density at radius 2 is 2.18 bits per heavy atom. The van der Waals surface area contributed by atoms with Crippen molar-refractivity contribution in [2.24, 2.45) is 0 Å². The molecule has 1 rings (SSSR count). The number of nitrogens with one attached hydrogen (secondary N) is 1. The van der Waals surface area contributed by atoms with E-state index in [2.05, 4.69) is 12.2 Å². The molecule has 100 valence electrons. The summed E-state index contributed by atoms with van der Waals surface area (Å²) in [6, 6.07) is 0.643. The summed E-state index contributed by atoms with van der Waals surface area (Å²) in [5.41, 5.74) is -0.411. The third-order valence-electron chi connectivity index (χ3n) is 3.20. The number of likely N-dealkylation sites (tertiary alicyclic amines) is 1. The Labute approximate surface area is 105 Å². The number of amides is 1. The van der Waals surface area contributed by atoms with Gasteiger partial charge in [-0.25, -0.2) is 4.79 Å². The number of hydrogen-bond donors (Lipinski definition) is 1. The first-order chi connectivity index (χ1) is 7.89. The molecule has 0 radical (unpaired) electrons. The minimum atomic E-state index is -0.411. The van der Waals surface area contributed by atoms with Gasteiger partial charge in [0, 0.05) is 12.6 Å². The first-order valence-corrected chi connectivity index (χ1v) is 6.56. The molecule has 0 aromatic heterocycles. The first-order valence-electron chi connectivity index (χ1n) is 6.56. The van der Waals surface area contributed by atoms with Crippen molar-refractivity contribution in [1.82, 2.24) is 10.2 Å². The largest absolute Gasteiger partial charge is 0.444 e. The van der Waals surface area contributed by atoms with Crippen LogP contribution >= 0.6 is 0 Å². The van der Waals surface area contributed by atoms with Crippen LogP contribution in [0.1, 0.15) is 47.0 Å². The highest BCUT2D eigenvalue weighted by molar-refractivity contribution is 5.69. The minimum Gasteiger partial charge on any atom is -0.444 e. The van der Waals surface area contributed by atoms with Gasteiger partial charge in [0.05, 0.1) is 6.04 Å². The van der Waals surface area contributed by atoms with Crippen molar-refractivity contribution >= 4 is 6.09 Å². The van der Waals surface area contributed by atoms with Crippen LogP contribution in [0.4, 0.5) is 4.79 Å². The lowest BCUT2D eigenvalue weighted by Gasteiger charge is -2.32. The molecule has 2 atom stereocenters. The van der Waals surface area contributed by atoms with Crippen LogP contribution in [0.15, 0.2) is 0 Å². The van der Waals surface area contributed by atoms with Crippen molar-refractivity contribution in [3.8, 4) is 0 Å². The standard InChI is InChI=1S/C13H26N2O2/c1-6-10(14-5)11-8-7-9-15(11)12(16)17-13(2,3)4/h10-11,14H,6-9H2,1-5H3/t10-,11+/m1/s1. The molecular weight excluding hydrogens is 216 g/mol.